The van der Waals surface area contributed by atoms with Gasteiger partial charge in [0.1, 0.15) is 5.82 Å². The van der Waals surface area contributed by atoms with E-state index < -0.39 is 0 Å². The van der Waals surface area contributed by atoms with Crippen LogP contribution >= 0.6 is 0 Å². The first kappa shape index (κ1) is 18.7. The Hall–Kier alpha value is -2.70. The predicted octanol–water partition coefficient (Wildman–Crippen LogP) is 1.88. The Bertz CT molecular complexity index is 861. The fourth-order valence-corrected chi connectivity index (χ4v) is 4.23. The van der Waals surface area contributed by atoms with Gasteiger partial charge in [-0.15, -0.1) is 10.2 Å². The first-order valence-corrected chi connectivity index (χ1v) is 10.0. The van der Waals surface area contributed by atoms with Crippen molar-refractivity contribution in [1.82, 2.24) is 25.0 Å². The third-order valence-corrected chi connectivity index (χ3v) is 5.70. The van der Waals surface area contributed by atoms with Crippen LogP contribution in [0.3, 0.4) is 0 Å². The molecule has 7 nitrogen and oxygen atoms in total. The minimum absolute atomic E-state index is 0.202. The van der Waals surface area contributed by atoms with Gasteiger partial charge in [0.15, 0.2) is 0 Å². The summed E-state index contributed by atoms with van der Waals surface area (Å²) < 4.78 is 1.94. The van der Waals surface area contributed by atoms with Crippen LogP contribution in [0.15, 0.2) is 30.3 Å². The summed E-state index contributed by atoms with van der Waals surface area (Å²) >= 11 is 0. The fourth-order valence-electron chi connectivity index (χ4n) is 4.23. The Balaban J connectivity index is 1.41. The quantitative estimate of drug-likeness (QED) is 0.858. The maximum Gasteiger partial charge on any atom is 0.289 e. The molecule has 2 atom stereocenters. The van der Waals surface area contributed by atoms with Gasteiger partial charge in [-0.2, -0.15) is 0 Å². The van der Waals surface area contributed by atoms with E-state index in [1.165, 1.54) is 0 Å². The minimum Gasteiger partial charge on any atom is -0.345 e. The number of amides is 2. The summed E-state index contributed by atoms with van der Waals surface area (Å²) in [4.78, 5) is 27.1. The molecule has 0 bridgehead atoms. The molecule has 2 aliphatic heterocycles. The summed E-state index contributed by atoms with van der Waals surface area (Å²) in [6.07, 6.45) is 1.37. The SMILES string of the molecule is CC(C)CC(=O)N1C[C@@H]2Cn3c(nnc3C(=O)NCc3ccccc3)C[C@H]2C1. The standard InChI is InChI=1S/C21H27N5O2/c1-14(2)8-19(27)25-11-16-9-18-23-24-20(26(18)13-17(16)12-25)21(28)22-10-15-6-4-3-5-7-15/h3-7,14,16-17H,8-13H2,1-2H3,(H,22,28)/t16-,17+/m0/s1. The molecule has 2 aliphatic rings. The lowest BCUT2D eigenvalue weighted by atomic mass is 9.89. The normalized spacial score (nSPS) is 20.8. The third-order valence-electron chi connectivity index (χ3n) is 5.70. The molecule has 28 heavy (non-hydrogen) atoms. The molecule has 0 unspecified atom stereocenters. The molecule has 1 N–H and O–H groups in total. The van der Waals surface area contributed by atoms with Crippen molar-refractivity contribution in [3.05, 3.63) is 47.5 Å². The highest BCUT2D eigenvalue weighted by molar-refractivity contribution is 5.90. The number of likely N-dealkylation sites (tertiary alicyclic amines) is 1. The van der Waals surface area contributed by atoms with Crippen molar-refractivity contribution in [2.45, 2.75) is 39.8 Å². The monoisotopic (exact) mass is 381 g/mol. The highest BCUT2D eigenvalue weighted by atomic mass is 16.2. The Kier molecular flexibility index (Phi) is 5.15. The lowest BCUT2D eigenvalue weighted by Crippen LogP contribution is -2.33. The van der Waals surface area contributed by atoms with Crippen LogP contribution < -0.4 is 5.32 Å². The second-order valence-electron chi connectivity index (χ2n) is 8.34. The first-order chi connectivity index (χ1) is 13.5. The van der Waals surface area contributed by atoms with Crippen molar-refractivity contribution in [3.63, 3.8) is 0 Å². The second kappa shape index (κ2) is 7.73. The second-order valence-corrected chi connectivity index (χ2v) is 8.34. The van der Waals surface area contributed by atoms with Crippen LogP contribution in [0, 0.1) is 17.8 Å². The number of nitrogens with zero attached hydrogens (tertiary/aromatic N) is 4. The van der Waals surface area contributed by atoms with E-state index in [1.54, 1.807) is 0 Å². The predicted molar refractivity (Wildman–Crippen MR) is 104 cm³/mol. The van der Waals surface area contributed by atoms with E-state index in [0.29, 0.717) is 43.1 Å². The molecule has 0 spiro atoms. The van der Waals surface area contributed by atoms with Crippen molar-refractivity contribution < 1.29 is 9.59 Å². The van der Waals surface area contributed by atoms with Crippen LogP contribution in [0.2, 0.25) is 0 Å². The van der Waals surface area contributed by atoms with Gasteiger partial charge in [-0.05, 0) is 23.3 Å². The van der Waals surface area contributed by atoms with Crippen LogP contribution in [0.5, 0.6) is 0 Å². The van der Waals surface area contributed by atoms with Gasteiger partial charge in [-0.3, -0.25) is 9.59 Å². The average Bonchev–Trinajstić information content (AvgIpc) is 3.28. The minimum atomic E-state index is -0.202. The third kappa shape index (κ3) is 3.79. The number of carbonyl (C=O) groups is 2. The van der Waals surface area contributed by atoms with Crippen LogP contribution in [0.25, 0.3) is 0 Å². The Morgan fingerprint density at radius 1 is 1.11 bits per heavy atom. The molecule has 0 radical (unpaired) electrons. The number of hydrogen-bond donors (Lipinski definition) is 1. The van der Waals surface area contributed by atoms with E-state index in [1.807, 2.05) is 39.8 Å². The lowest BCUT2D eigenvalue weighted by molar-refractivity contribution is -0.131. The Morgan fingerprint density at radius 3 is 2.61 bits per heavy atom. The zero-order chi connectivity index (χ0) is 19.7. The molecule has 2 amide bonds. The van der Waals surface area contributed by atoms with Gasteiger partial charge in [0.25, 0.3) is 5.91 Å². The number of carbonyl (C=O) groups excluding carboxylic acids is 2. The highest BCUT2D eigenvalue weighted by Crippen LogP contribution is 2.33. The smallest absolute Gasteiger partial charge is 0.289 e. The molecule has 2 aromatic rings. The average molecular weight is 381 g/mol. The largest absolute Gasteiger partial charge is 0.345 e. The molecule has 1 saturated heterocycles. The summed E-state index contributed by atoms with van der Waals surface area (Å²) in [5.41, 5.74) is 1.05. The molecule has 0 aliphatic carbocycles. The summed E-state index contributed by atoms with van der Waals surface area (Å²) in [7, 11) is 0. The summed E-state index contributed by atoms with van der Waals surface area (Å²) in [6.45, 7) is 6.86. The number of fused-ring (bicyclic) bond motifs is 2. The summed E-state index contributed by atoms with van der Waals surface area (Å²) in [5, 5.41) is 11.3. The topological polar surface area (TPSA) is 80.1 Å². The molecule has 1 fully saturated rings. The van der Waals surface area contributed by atoms with Crippen LogP contribution in [-0.4, -0.2) is 44.6 Å². The van der Waals surface area contributed by atoms with Gasteiger partial charge in [0, 0.05) is 39.0 Å². The molecule has 7 heteroatoms. The Labute approximate surface area is 165 Å². The van der Waals surface area contributed by atoms with Gasteiger partial charge >= 0.3 is 0 Å². The summed E-state index contributed by atoms with van der Waals surface area (Å²) in [5.74, 6) is 2.40. The maximum absolute atomic E-state index is 12.6. The molecule has 148 valence electrons. The van der Waals surface area contributed by atoms with Gasteiger partial charge in [0.2, 0.25) is 11.7 Å². The van der Waals surface area contributed by atoms with E-state index in [0.717, 1.165) is 30.9 Å². The van der Waals surface area contributed by atoms with Gasteiger partial charge in [-0.1, -0.05) is 44.2 Å². The Morgan fingerprint density at radius 2 is 1.86 bits per heavy atom. The highest BCUT2D eigenvalue weighted by Gasteiger charge is 2.40. The molecular formula is C21H27N5O2. The number of nitrogens with one attached hydrogen (secondary N) is 1. The van der Waals surface area contributed by atoms with E-state index in [4.69, 9.17) is 0 Å². The van der Waals surface area contributed by atoms with Crippen molar-refractivity contribution in [2.75, 3.05) is 13.1 Å². The molecule has 1 aromatic carbocycles. The zero-order valence-electron chi connectivity index (χ0n) is 16.5. The van der Waals surface area contributed by atoms with E-state index in [2.05, 4.69) is 29.4 Å². The van der Waals surface area contributed by atoms with Crippen molar-refractivity contribution in [2.24, 2.45) is 17.8 Å². The first-order valence-electron chi connectivity index (χ1n) is 10.0. The van der Waals surface area contributed by atoms with Crippen molar-refractivity contribution in [3.8, 4) is 0 Å². The van der Waals surface area contributed by atoms with Crippen LogP contribution in [0.1, 0.15) is 42.3 Å². The van der Waals surface area contributed by atoms with Gasteiger partial charge < -0.3 is 14.8 Å². The maximum atomic E-state index is 12.6. The molecule has 0 saturated carbocycles. The van der Waals surface area contributed by atoms with E-state index >= 15 is 0 Å². The number of hydrogen-bond acceptors (Lipinski definition) is 4. The molecule has 4 rings (SSSR count). The molecule has 3 heterocycles. The molecule has 1 aromatic heterocycles. The van der Waals surface area contributed by atoms with Crippen molar-refractivity contribution in [1.29, 1.82) is 0 Å². The van der Waals surface area contributed by atoms with E-state index in [-0.39, 0.29) is 11.8 Å². The van der Waals surface area contributed by atoms with Crippen molar-refractivity contribution >= 4 is 11.8 Å². The summed E-state index contributed by atoms with van der Waals surface area (Å²) in [6, 6.07) is 9.81. The number of rotatable bonds is 5. The zero-order valence-corrected chi connectivity index (χ0v) is 16.5. The van der Waals surface area contributed by atoms with Gasteiger partial charge in [-0.25, -0.2) is 0 Å². The number of benzene rings is 1. The van der Waals surface area contributed by atoms with E-state index in [9.17, 15) is 9.59 Å². The fraction of sp³-hybridized carbons (Fsp3) is 0.524. The lowest BCUT2D eigenvalue weighted by Gasteiger charge is -2.25. The van der Waals surface area contributed by atoms with Crippen LogP contribution in [0.4, 0.5) is 0 Å². The number of aromatic nitrogens is 3. The molecular weight excluding hydrogens is 354 g/mol. The van der Waals surface area contributed by atoms with Crippen LogP contribution in [-0.2, 0) is 24.3 Å². The van der Waals surface area contributed by atoms with Gasteiger partial charge in [0.05, 0.1) is 0 Å².